The number of anilines is 1. The molecular formula is C23H23FN4O5S. The molecular weight excluding hydrogens is 463 g/mol. The van der Waals surface area contributed by atoms with E-state index >= 15 is 0 Å². The van der Waals surface area contributed by atoms with Gasteiger partial charge in [-0.3, -0.25) is 14.9 Å². The van der Waals surface area contributed by atoms with Crippen LogP contribution in [-0.2, 0) is 6.61 Å². The summed E-state index contributed by atoms with van der Waals surface area (Å²) in [5, 5.41) is 16.3. The Morgan fingerprint density at radius 1 is 1.32 bits per heavy atom. The second kappa shape index (κ2) is 10.5. The Morgan fingerprint density at radius 2 is 2.12 bits per heavy atom. The van der Waals surface area contributed by atoms with Gasteiger partial charge in [-0.25, -0.2) is 9.37 Å². The molecule has 34 heavy (non-hydrogen) atoms. The summed E-state index contributed by atoms with van der Waals surface area (Å²) in [5.41, 5.74) is 2.79. The van der Waals surface area contributed by atoms with Gasteiger partial charge in [0.05, 0.1) is 29.3 Å². The number of nitrogens with zero attached hydrogens (tertiary/aromatic N) is 3. The number of benzene rings is 2. The number of thiazole rings is 1. The highest BCUT2D eigenvalue weighted by atomic mass is 32.1. The number of methoxy groups -OCH3 is 1. The van der Waals surface area contributed by atoms with Crippen molar-refractivity contribution >= 4 is 28.6 Å². The summed E-state index contributed by atoms with van der Waals surface area (Å²) in [6, 6.07) is 8.81. The minimum Gasteiger partial charge on any atom is -0.493 e. The van der Waals surface area contributed by atoms with E-state index in [1.54, 1.807) is 17.6 Å². The quantitative estimate of drug-likeness (QED) is 0.359. The Kier molecular flexibility index (Phi) is 7.21. The molecule has 9 nitrogen and oxygen atoms in total. The van der Waals surface area contributed by atoms with Crippen molar-refractivity contribution in [2.24, 2.45) is 5.92 Å². The molecule has 3 aromatic rings. The second-order valence-corrected chi connectivity index (χ2v) is 8.55. The minimum absolute atomic E-state index is 0.101. The lowest BCUT2D eigenvalue weighted by Gasteiger charge is -2.19. The van der Waals surface area contributed by atoms with Crippen molar-refractivity contribution in [3.8, 4) is 11.5 Å². The number of ether oxygens (including phenoxy) is 2. The van der Waals surface area contributed by atoms with Gasteiger partial charge in [0.25, 0.3) is 11.6 Å². The number of nitro groups is 1. The number of nitro benzene ring substituents is 1. The van der Waals surface area contributed by atoms with E-state index in [9.17, 15) is 19.3 Å². The number of hydrogen-bond donors (Lipinski definition) is 1. The largest absolute Gasteiger partial charge is 0.493 e. The fraction of sp³-hybridized carbons (Fsp3) is 0.304. The Bertz CT molecular complexity index is 1160. The van der Waals surface area contributed by atoms with Crippen LogP contribution in [0, 0.1) is 21.8 Å². The highest BCUT2D eigenvalue weighted by Gasteiger charge is 2.27. The number of hydrogen-bond acceptors (Lipinski definition) is 8. The SMILES string of the molecule is COc1cc(C(=O)NCC2CCN(c3ccc(F)cc3)C2)c([N+](=O)[O-])cc1OCc1cscn1. The molecule has 1 aliphatic rings. The smallest absolute Gasteiger partial charge is 0.286 e. The van der Waals surface area contributed by atoms with Gasteiger partial charge >= 0.3 is 0 Å². The third kappa shape index (κ3) is 5.42. The maximum atomic E-state index is 13.2. The molecule has 178 valence electrons. The van der Waals surface area contributed by atoms with E-state index in [-0.39, 0.29) is 41.1 Å². The van der Waals surface area contributed by atoms with Crippen LogP contribution in [0.2, 0.25) is 0 Å². The van der Waals surface area contributed by atoms with Crippen LogP contribution in [0.25, 0.3) is 0 Å². The van der Waals surface area contributed by atoms with Gasteiger partial charge in [-0.1, -0.05) is 0 Å². The zero-order chi connectivity index (χ0) is 24.1. The molecule has 11 heteroatoms. The van der Waals surface area contributed by atoms with Crippen molar-refractivity contribution in [2.75, 3.05) is 31.6 Å². The van der Waals surface area contributed by atoms with Crippen LogP contribution in [0.5, 0.6) is 11.5 Å². The van der Waals surface area contributed by atoms with Gasteiger partial charge in [-0.15, -0.1) is 11.3 Å². The minimum atomic E-state index is -0.615. The molecule has 1 saturated heterocycles. The molecule has 0 bridgehead atoms. The van der Waals surface area contributed by atoms with Crippen LogP contribution < -0.4 is 19.7 Å². The average Bonchev–Trinajstić information content (AvgIpc) is 3.53. The fourth-order valence-corrected chi connectivity index (χ4v) is 4.38. The summed E-state index contributed by atoms with van der Waals surface area (Å²) in [7, 11) is 1.40. The maximum absolute atomic E-state index is 13.2. The number of halogens is 1. The summed E-state index contributed by atoms with van der Waals surface area (Å²) >= 11 is 1.41. The zero-order valence-electron chi connectivity index (χ0n) is 18.4. The lowest BCUT2D eigenvalue weighted by molar-refractivity contribution is -0.385. The molecule has 0 saturated carbocycles. The van der Waals surface area contributed by atoms with Crippen LogP contribution >= 0.6 is 11.3 Å². The van der Waals surface area contributed by atoms with Crippen molar-refractivity contribution in [1.29, 1.82) is 0 Å². The second-order valence-electron chi connectivity index (χ2n) is 7.83. The topological polar surface area (TPSA) is 107 Å². The summed E-state index contributed by atoms with van der Waals surface area (Å²) < 4.78 is 24.1. The number of carbonyl (C=O) groups excluding carboxylic acids is 1. The van der Waals surface area contributed by atoms with E-state index in [0.29, 0.717) is 18.8 Å². The predicted octanol–water partition coefficient (Wildman–Crippen LogP) is 4.03. The molecule has 1 atom stereocenters. The first-order valence-corrected chi connectivity index (χ1v) is 11.5. The molecule has 1 fully saturated rings. The van der Waals surface area contributed by atoms with E-state index in [1.807, 2.05) is 5.38 Å². The molecule has 1 amide bonds. The first-order valence-electron chi connectivity index (χ1n) is 10.6. The van der Waals surface area contributed by atoms with Crippen LogP contribution in [0.3, 0.4) is 0 Å². The molecule has 1 aliphatic heterocycles. The Balaban J connectivity index is 1.42. The van der Waals surface area contributed by atoms with Crippen molar-refractivity contribution in [2.45, 2.75) is 13.0 Å². The first kappa shape index (κ1) is 23.4. The molecule has 1 aromatic heterocycles. The van der Waals surface area contributed by atoms with Gasteiger partial charge in [-0.2, -0.15) is 0 Å². The van der Waals surface area contributed by atoms with Gasteiger partial charge in [-0.05, 0) is 36.6 Å². The number of carbonyl (C=O) groups is 1. The van der Waals surface area contributed by atoms with E-state index in [0.717, 1.165) is 18.7 Å². The molecule has 0 radical (unpaired) electrons. The van der Waals surface area contributed by atoms with Gasteiger partial charge < -0.3 is 19.7 Å². The lowest BCUT2D eigenvalue weighted by Crippen LogP contribution is -2.31. The maximum Gasteiger partial charge on any atom is 0.286 e. The van der Waals surface area contributed by atoms with Gasteiger partial charge in [0, 0.05) is 36.8 Å². The van der Waals surface area contributed by atoms with Crippen molar-refractivity contribution < 1.29 is 23.6 Å². The van der Waals surface area contributed by atoms with Crippen LogP contribution in [-0.4, -0.2) is 42.6 Å². The summed E-state index contributed by atoms with van der Waals surface area (Å²) in [6.07, 6.45) is 0.840. The summed E-state index contributed by atoms with van der Waals surface area (Å²) in [4.78, 5) is 30.2. The molecule has 0 spiro atoms. The van der Waals surface area contributed by atoms with Crippen molar-refractivity contribution in [3.63, 3.8) is 0 Å². The summed E-state index contributed by atoms with van der Waals surface area (Å²) in [6.45, 7) is 1.96. The molecule has 1 N–H and O–H groups in total. The van der Waals surface area contributed by atoms with Crippen LogP contribution in [0.4, 0.5) is 15.8 Å². The zero-order valence-corrected chi connectivity index (χ0v) is 19.2. The molecule has 1 unspecified atom stereocenters. The third-order valence-electron chi connectivity index (χ3n) is 5.61. The monoisotopic (exact) mass is 486 g/mol. The first-order chi connectivity index (χ1) is 16.4. The van der Waals surface area contributed by atoms with E-state index in [4.69, 9.17) is 9.47 Å². The fourth-order valence-electron chi connectivity index (χ4n) is 3.83. The number of rotatable bonds is 9. The van der Waals surface area contributed by atoms with Gasteiger partial charge in [0.15, 0.2) is 11.5 Å². The van der Waals surface area contributed by atoms with Gasteiger partial charge in [0.2, 0.25) is 0 Å². The third-order valence-corrected chi connectivity index (χ3v) is 6.25. The average molecular weight is 487 g/mol. The number of aromatic nitrogens is 1. The van der Waals surface area contributed by atoms with Crippen LogP contribution in [0.15, 0.2) is 47.3 Å². The number of amides is 1. The standard InChI is InChI=1S/C23H23FN4O5S/c1-32-21-8-19(20(28(30)31)9-22(21)33-12-17-13-34-14-26-17)23(29)25-10-15-6-7-27(11-15)18-4-2-16(24)3-5-18/h2-5,8-9,13-15H,6-7,10-12H2,1H3,(H,25,29). The molecule has 2 aromatic carbocycles. The van der Waals surface area contributed by atoms with E-state index < -0.39 is 10.8 Å². The highest BCUT2D eigenvalue weighted by molar-refractivity contribution is 7.07. The lowest BCUT2D eigenvalue weighted by atomic mass is 10.1. The number of nitrogens with one attached hydrogen (secondary N) is 1. The van der Waals surface area contributed by atoms with E-state index in [1.165, 1.54) is 42.7 Å². The van der Waals surface area contributed by atoms with E-state index in [2.05, 4.69) is 15.2 Å². The van der Waals surface area contributed by atoms with Gasteiger partial charge in [0.1, 0.15) is 18.0 Å². The predicted molar refractivity (Wildman–Crippen MR) is 125 cm³/mol. The summed E-state index contributed by atoms with van der Waals surface area (Å²) in [5.74, 6) is -0.311. The molecule has 0 aliphatic carbocycles. The Labute approximate surface area is 199 Å². The highest BCUT2D eigenvalue weighted by Crippen LogP contribution is 2.35. The Hall–Kier alpha value is -3.73. The van der Waals surface area contributed by atoms with Crippen molar-refractivity contribution in [1.82, 2.24) is 10.3 Å². The normalized spacial score (nSPS) is 15.2. The van der Waals surface area contributed by atoms with Crippen LogP contribution in [0.1, 0.15) is 22.5 Å². The Morgan fingerprint density at radius 3 is 2.79 bits per heavy atom. The molecule has 4 rings (SSSR count). The van der Waals surface area contributed by atoms with Crippen molar-refractivity contribution in [3.05, 3.63) is 74.5 Å². The molecule has 2 heterocycles.